The summed E-state index contributed by atoms with van der Waals surface area (Å²) in [5.41, 5.74) is 0. The first-order valence-corrected chi connectivity index (χ1v) is 7.48. The highest BCUT2D eigenvalue weighted by Gasteiger charge is 2.08. The van der Waals surface area contributed by atoms with Gasteiger partial charge in [0.1, 0.15) is 13.6 Å². The molecule has 104 valence electrons. The highest BCUT2D eigenvalue weighted by atomic mass is 35.7. The van der Waals surface area contributed by atoms with Crippen LogP contribution in [0.4, 0.5) is 0 Å². The highest BCUT2D eigenvalue weighted by molar-refractivity contribution is 8.03. The maximum atomic E-state index is 8.49. The van der Waals surface area contributed by atoms with Gasteiger partial charge in [0.2, 0.25) is 0 Å². The SMILES string of the molecule is C[N+]1=CC=C(Sc2ccccc2)CC1.[O-][Cl+3]([O-])([O-])[O-]. The van der Waals surface area contributed by atoms with Crippen molar-refractivity contribution in [1.29, 1.82) is 0 Å². The summed E-state index contributed by atoms with van der Waals surface area (Å²) in [6.45, 7) is 1.13. The van der Waals surface area contributed by atoms with E-state index in [0.29, 0.717) is 0 Å². The third-order valence-corrected chi connectivity index (χ3v) is 3.33. The summed E-state index contributed by atoms with van der Waals surface area (Å²) in [7, 11) is -2.83. The van der Waals surface area contributed by atoms with Crippen LogP contribution in [0.3, 0.4) is 0 Å². The number of hydrogen-bond donors (Lipinski definition) is 0. The molecule has 0 unspecified atom stereocenters. The van der Waals surface area contributed by atoms with Crippen molar-refractivity contribution in [3.63, 3.8) is 0 Å². The molecule has 0 saturated carbocycles. The fourth-order valence-corrected chi connectivity index (χ4v) is 2.30. The molecule has 7 heteroatoms. The standard InChI is InChI=1S/C12H14NS.ClHO4/c1-13-9-7-12(8-10-13)14-11-5-3-2-4-6-11;2-1(3,4)5/h2-7,9H,8,10H2,1H3;(H,2,3,4,5)/q+1;/p-1. The van der Waals surface area contributed by atoms with Gasteiger partial charge in [0.05, 0.1) is 0 Å². The Balaban J connectivity index is 0.000000312. The number of halogens is 1. The van der Waals surface area contributed by atoms with Crippen molar-refractivity contribution in [2.45, 2.75) is 11.3 Å². The van der Waals surface area contributed by atoms with Crippen LogP contribution in [0.2, 0.25) is 0 Å². The summed E-state index contributed by atoms with van der Waals surface area (Å²) < 4.78 is 36.2. The molecular formula is C12H14ClNO4S. The molecule has 2 rings (SSSR count). The second kappa shape index (κ2) is 7.64. The van der Waals surface area contributed by atoms with Crippen LogP contribution in [0, 0.1) is 10.2 Å². The van der Waals surface area contributed by atoms with E-state index in [1.165, 1.54) is 9.80 Å². The molecule has 0 spiro atoms. The molecule has 1 aliphatic rings. The van der Waals surface area contributed by atoms with Crippen molar-refractivity contribution in [2.24, 2.45) is 0 Å². The third-order valence-electron chi connectivity index (χ3n) is 2.22. The largest absolute Gasteiger partial charge is 0.238 e. The Labute approximate surface area is 118 Å². The summed E-state index contributed by atoms with van der Waals surface area (Å²) in [6.07, 6.45) is 5.52. The van der Waals surface area contributed by atoms with E-state index in [-0.39, 0.29) is 0 Å². The second-order valence-corrected chi connectivity index (χ2v) is 5.76. The average molecular weight is 304 g/mol. The molecule has 0 saturated heterocycles. The van der Waals surface area contributed by atoms with Crippen LogP contribution < -0.4 is 18.6 Å². The van der Waals surface area contributed by atoms with Crippen LogP contribution in [0.25, 0.3) is 0 Å². The predicted molar refractivity (Wildman–Crippen MR) is 62.1 cm³/mol. The normalized spacial score (nSPS) is 15.0. The minimum atomic E-state index is -4.94. The van der Waals surface area contributed by atoms with Gasteiger partial charge in [-0.15, -0.1) is 10.2 Å². The van der Waals surface area contributed by atoms with Crippen LogP contribution in [0.1, 0.15) is 6.42 Å². The third kappa shape index (κ3) is 8.77. The van der Waals surface area contributed by atoms with Crippen molar-refractivity contribution in [1.82, 2.24) is 0 Å². The first-order valence-electron chi connectivity index (χ1n) is 5.43. The lowest BCUT2D eigenvalue weighted by atomic mass is 10.3. The van der Waals surface area contributed by atoms with Gasteiger partial charge in [-0.3, -0.25) is 0 Å². The van der Waals surface area contributed by atoms with Gasteiger partial charge in [-0.25, -0.2) is 23.2 Å². The molecule has 0 fully saturated rings. The van der Waals surface area contributed by atoms with Gasteiger partial charge in [-0.05, 0) is 12.1 Å². The van der Waals surface area contributed by atoms with E-state index in [1.54, 1.807) is 0 Å². The number of hydrogen-bond acceptors (Lipinski definition) is 5. The topological polar surface area (TPSA) is 95.2 Å². The quantitative estimate of drug-likeness (QED) is 0.590. The maximum Gasteiger partial charge on any atom is 0.163 e. The molecule has 19 heavy (non-hydrogen) atoms. The molecule has 0 aliphatic carbocycles. The molecule has 5 nitrogen and oxygen atoms in total. The molecular weight excluding hydrogens is 290 g/mol. The summed E-state index contributed by atoms with van der Waals surface area (Å²) in [4.78, 5) is 2.78. The number of benzene rings is 1. The van der Waals surface area contributed by atoms with E-state index < -0.39 is 10.2 Å². The van der Waals surface area contributed by atoms with Gasteiger partial charge in [0.25, 0.3) is 0 Å². The molecule has 0 N–H and O–H groups in total. The summed E-state index contributed by atoms with van der Waals surface area (Å²) >= 11 is 1.87. The maximum absolute atomic E-state index is 8.49. The molecule has 1 aliphatic heterocycles. The molecule has 1 aromatic carbocycles. The Morgan fingerprint density at radius 2 is 1.68 bits per heavy atom. The predicted octanol–water partition coefficient (Wildman–Crippen LogP) is -1.98. The Morgan fingerprint density at radius 3 is 2.16 bits per heavy atom. The van der Waals surface area contributed by atoms with Crippen LogP contribution in [-0.2, 0) is 0 Å². The molecule has 0 amide bonds. The van der Waals surface area contributed by atoms with Crippen LogP contribution >= 0.6 is 11.8 Å². The molecule has 0 radical (unpaired) electrons. The average Bonchev–Trinajstić information content (AvgIpc) is 2.31. The minimum absolute atomic E-state index is 1.13. The van der Waals surface area contributed by atoms with Crippen molar-refractivity contribution in [3.8, 4) is 0 Å². The van der Waals surface area contributed by atoms with Gasteiger partial charge in [0, 0.05) is 22.3 Å². The van der Waals surface area contributed by atoms with Gasteiger partial charge < -0.3 is 0 Å². The number of thioether (sulfide) groups is 1. The monoisotopic (exact) mass is 303 g/mol. The Morgan fingerprint density at radius 1 is 1.11 bits per heavy atom. The van der Waals surface area contributed by atoms with Crippen LogP contribution in [0.15, 0.2) is 46.2 Å². The van der Waals surface area contributed by atoms with Gasteiger partial charge >= 0.3 is 0 Å². The Bertz CT molecular complexity index is 451. The zero-order chi connectivity index (χ0) is 14.3. The number of rotatable bonds is 2. The van der Waals surface area contributed by atoms with Crippen LogP contribution in [-0.4, -0.2) is 24.4 Å². The molecule has 0 bridgehead atoms. The Hall–Kier alpha value is -0.890. The fraction of sp³-hybridized carbons (Fsp3) is 0.250. The molecule has 0 aromatic heterocycles. The van der Waals surface area contributed by atoms with E-state index in [0.717, 1.165) is 13.0 Å². The van der Waals surface area contributed by atoms with Crippen molar-refractivity contribution in [3.05, 3.63) is 41.3 Å². The first kappa shape index (κ1) is 16.2. The van der Waals surface area contributed by atoms with E-state index in [9.17, 15) is 0 Å². The van der Waals surface area contributed by atoms with Crippen LogP contribution in [0.5, 0.6) is 0 Å². The lowest BCUT2D eigenvalue weighted by Gasteiger charge is -2.17. The van der Waals surface area contributed by atoms with E-state index in [4.69, 9.17) is 18.6 Å². The minimum Gasteiger partial charge on any atom is -0.238 e. The van der Waals surface area contributed by atoms with Gasteiger partial charge in [-0.1, -0.05) is 30.0 Å². The second-order valence-electron chi connectivity index (χ2n) is 3.81. The highest BCUT2D eigenvalue weighted by Crippen LogP contribution is 2.28. The van der Waals surface area contributed by atoms with E-state index in [2.05, 4.69) is 54.2 Å². The van der Waals surface area contributed by atoms with Crippen molar-refractivity contribution in [2.75, 3.05) is 13.6 Å². The fourth-order valence-electron chi connectivity index (χ4n) is 1.38. The molecule has 1 heterocycles. The van der Waals surface area contributed by atoms with Gasteiger partial charge in [-0.2, -0.15) is 0 Å². The van der Waals surface area contributed by atoms with E-state index >= 15 is 0 Å². The molecule has 1 aromatic rings. The molecule has 0 atom stereocenters. The van der Waals surface area contributed by atoms with Crippen molar-refractivity contribution >= 4 is 18.0 Å². The zero-order valence-corrected chi connectivity index (χ0v) is 11.9. The summed E-state index contributed by atoms with van der Waals surface area (Å²) in [5, 5.41) is 0. The lowest BCUT2D eigenvalue weighted by molar-refractivity contribution is -2.00. The lowest BCUT2D eigenvalue weighted by Crippen LogP contribution is -2.68. The number of nitrogens with zero attached hydrogens (tertiary/aromatic N) is 1. The number of allylic oxidation sites excluding steroid dienone is 1. The first-order chi connectivity index (χ1) is 8.84. The van der Waals surface area contributed by atoms with Gasteiger partial charge in [0.15, 0.2) is 6.21 Å². The summed E-state index contributed by atoms with van der Waals surface area (Å²) in [5.74, 6) is 0. The summed E-state index contributed by atoms with van der Waals surface area (Å²) in [6, 6.07) is 10.5. The zero-order valence-electron chi connectivity index (χ0n) is 10.3. The Kier molecular flexibility index (Phi) is 6.50. The smallest absolute Gasteiger partial charge is 0.163 e. The van der Waals surface area contributed by atoms with E-state index in [1.807, 2.05) is 11.8 Å². The van der Waals surface area contributed by atoms with Crippen molar-refractivity contribution < 1.29 is 33.5 Å².